The number of nitrogens with one attached hydrogen (secondary N) is 1. The minimum absolute atomic E-state index is 0.0885. The Kier molecular flexibility index (Phi) is 3.21. The number of imide groups is 1. The summed E-state index contributed by atoms with van der Waals surface area (Å²) in [5.74, 6) is -0.177. The molecule has 4 nitrogen and oxygen atoms in total. The first kappa shape index (κ1) is 14.0. The number of amides is 2. The molecule has 1 saturated heterocycles. The van der Waals surface area contributed by atoms with Crippen LogP contribution in [0.5, 0.6) is 0 Å². The van der Waals surface area contributed by atoms with Crippen LogP contribution in [0, 0.1) is 10.8 Å². The minimum Gasteiger partial charge on any atom is -0.295 e. The highest BCUT2D eigenvalue weighted by Crippen LogP contribution is 2.59. The summed E-state index contributed by atoms with van der Waals surface area (Å²) in [6.07, 6.45) is 6.28. The Balaban J connectivity index is 0.000000133. The molecule has 1 N–H and O–H groups in total. The van der Waals surface area contributed by atoms with E-state index in [0.29, 0.717) is 5.56 Å². The van der Waals surface area contributed by atoms with Crippen LogP contribution in [0.2, 0.25) is 0 Å². The van der Waals surface area contributed by atoms with Gasteiger partial charge in [0.25, 0.3) is 5.24 Å². The van der Waals surface area contributed by atoms with E-state index in [2.05, 4.69) is 5.32 Å². The van der Waals surface area contributed by atoms with Gasteiger partial charge in [0.2, 0.25) is 11.8 Å². The fraction of sp³-hybridized carbons (Fsp3) is 0.312. The van der Waals surface area contributed by atoms with Gasteiger partial charge in [-0.05, 0) is 30.9 Å². The fourth-order valence-electron chi connectivity index (χ4n) is 3.25. The molecule has 108 valence electrons. The smallest absolute Gasteiger partial charge is 0.252 e. The first-order valence-corrected chi connectivity index (χ1v) is 7.16. The lowest BCUT2D eigenvalue weighted by Crippen LogP contribution is -2.49. The lowest BCUT2D eigenvalue weighted by atomic mass is 9.82. The number of hydrogen-bond acceptors (Lipinski definition) is 3. The third-order valence-corrected chi connectivity index (χ3v) is 4.72. The average molecular weight is 304 g/mol. The van der Waals surface area contributed by atoms with Crippen molar-refractivity contribution in [2.24, 2.45) is 10.8 Å². The van der Waals surface area contributed by atoms with Gasteiger partial charge in [-0.15, -0.1) is 0 Å². The van der Waals surface area contributed by atoms with E-state index in [-0.39, 0.29) is 22.6 Å². The molecule has 1 saturated carbocycles. The number of benzene rings is 1. The third-order valence-electron chi connectivity index (χ3n) is 4.50. The summed E-state index contributed by atoms with van der Waals surface area (Å²) < 4.78 is 0. The number of hydrogen-bond donors (Lipinski definition) is 1. The van der Waals surface area contributed by atoms with Crippen LogP contribution in [0.25, 0.3) is 0 Å². The first-order chi connectivity index (χ1) is 9.97. The molecule has 3 aliphatic rings. The largest absolute Gasteiger partial charge is 0.295 e. The summed E-state index contributed by atoms with van der Waals surface area (Å²) in [5, 5.41) is 2.04. The second kappa shape index (κ2) is 4.81. The van der Waals surface area contributed by atoms with Crippen molar-refractivity contribution in [2.45, 2.75) is 19.3 Å². The van der Waals surface area contributed by atoms with Crippen molar-refractivity contribution >= 4 is 28.7 Å². The van der Waals surface area contributed by atoms with Crippen LogP contribution in [-0.4, -0.2) is 17.1 Å². The Morgan fingerprint density at radius 1 is 1.00 bits per heavy atom. The third kappa shape index (κ3) is 2.20. The highest BCUT2D eigenvalue weighted by molar-refractivity contribution is 6.67. The molecule has 2 atom stereocenters. The van der Waals surface area contributed by atoms with E-state index in [4.69, 9.17) is 11.6 Å². The molecule has 1 aromatic carbocycles. The first-order valence-electron chi connectivity index (χ1n) is 6.79. The van der Waals surface area contributed by atoms with Crippen LogP contribution < -0.4 is 5.32 Å². The average Bonchev–Trinajstić information content (AvgIpc) is 3.02. The molecule has 1 heterocycles. The summed E-state index contributed by atoms with van der Waals surface area (Å²) in [6.45, 7) is 0. The van der Waals surface area contributed by atoms with Crippen molar-refractivity contribution in [1.82, 2.24) is 5.32 Å². The van der Waals surface area contributed by atoms with Crippen molar-refractivity contribution < 1.29 is 14.4 Å². The molecule has 2 bridgehead atoms. The summed E-state index contributed by atoms with van der Waals surface area (Å²) >= 11 is 5.16. The molecule has 4 rings (SSSR count). The predicted octanol–water partition coefficient (Wildman–Crippen LogP) is 2.43. The molecular weight excluding hydrogens is 290 g/mol. The zero-order valence-electron chi connectivity index (χ0n) is 11.3. The monoisotopic (exact) mass is 303 g/mol. The molecule has 21 heavy (non-hydrogen) atoms. The molecule has 1 aliphatic heterocycles. The number of piperidine rings is 1. The van der Waals surface area contributed by atoms with E-state index in [1.807, 2.05) is 18.2 Å². The van der Waals surface area contributed by atoms with Gasteiger partial charge in [0.1, 0.15) is 0 Å². The minimum atomic E-state index is -0.407. The van der Waals surface area contributed by atoms with Gasteiger partial charge in [-0.25, -0.2) is 0 Å². The SMILES string of the molecule is O=C(Cl)c1ccccc1.O=C1NC(=O)C23C=CC1(CC2)C3. The summed E-state index contributed by atoms with van der Waals surface area (Å²) in [6, 6.07) is 8.74. The van der Waals surface area contributed by atoms with Crippen molar-refractivity contribution in [3.63, 3.8) is 0 Å². The normalized spacial score (nSPS) is 31.5. The van der Waals surface area contributed by atoms with E-state index in [0.717, 1.165) is 19.3 Å². The predicted molar refractivity (Wildman–Crippen MR) is 77.6 cm³/mol. The summed E-state index contributed by atoms with van der Waals surface area (Å²) in [7, 11) is 0. The Morgan fingerprint density at radius 2 is 1.52 bits per heavy atom. The zero-order valence-corrected chi connectivity index (χ0v) is 12.0. The summed E-state index contributed by atoms with van der Waals surface area (Å²) in [5.41, 5.74) is -0.0823. The van der Waals surface area contributed by atoms with Crippen LogP contribution in [0.1, 0.15) is 29.6 Å². The van der Waals surface area contributed by atoms with Crippen molar-refractivity contribution in [3.8, 4) is 0 Å². The lowest BCUT2D eigenvalue weighted by Gasteiger charge is -2.27. The van der Waals surface area contributed by atoms with E-state index in [9.17, 15) is 14.4 Å². The number of carbonyl (C=O) groups is 3. The molecular formula is C16H14ClNO3. The maximum absolute atomic E-state index is 11.5. The number of carbonyl (C=O) groups excluding carboxylic acids is 3. The Bertz CT molecular complexity index is 625. The van der Waals surface area contributed by atoms with Gasteiger partial charge in [0.15, 0.2) is 0 Å². The Morgan fingerprint density at radius 3 is 1.90 bits per heavy atom. The van der Waals surface area contributed by atoms with Crippen LogP contribution >= 0.6 is 11.6 Å². The highest BCUT2D eigenvalue weighted by atomic mass is 35.5. The molecule has 0 aromatic heterocycles. The zero-order chi connectivity index (χ0) is 15.1. The van der Waals surface area contributed by atoms with E-state index < -0.39 is 5.24 Å². The van der Waals surface area contributed by atoms with Crippen LogP contribution in [0.15, 0.2) is 42.5 Å². The quantitative estimate of drug-likeness (QED) is 0.492. The van der Waals surface area contributed by atoms with Crippen LogP contribution in [-0.2, 0) is 9.59 Å². The molecule has 0 radical (unpaired) electrons. The van der Waals surface area contributed by atoms with Gasteiger partial charge < -0.3 is 0 Å². The van der Waals surface area contributed by atoms with Gasteiger partial charge in [-0.1, -0.05) is 42.5 Å². The molecule has 5 heteroatoms. The van der Waals surface area contributed by atoms with Crippen LogP contribution in [0.3, 0.4) is 0 Å². The second-order valence-corrected chi connectivity index (χ2v) is 6.09. The maximum atomic E-state index is 11.5. The van der Waals surface area contributed by atoms with Gasteiger partial charge in [0.05, 0.1) is 10.8 Å². The van der Waals surface area contributed by atoms with E-state index in [1.54, 1.807) is 24.3 Å². The van der Waals surface area contributed by atoms with Crippen LogP contribution in [0.4, 0.5) is 0 Å². The van der Waals surface area contributed by atoms with E-state index in [1.165, 1.54) is 0 Å². The molecule has 1 aromatic rings. The van der Waals surface area contributed by atoms with Gasteiger partial charge in [-0.2, -0.15) is 0 Å². The molecule has 2 amide bonds. The van der Waals surface area contributed by atoms with Gasteiger partial charge in [-0.3, -0.25) is 19.7 Å². The molecule has 2 fully saturated rings. The Labute approximate surface area is 127 Å². The van der Waals surface area contributed by atoms with Crippen molar-refractivity contribution in [1.29, 1.82) is 0 Å². The molecule has 2 unspecified atom stereocenters. The lowest BCUT2D eigenvalue weighted by molar-refractivity contribution is -0.141. The fourth-order valence-corrected chi connectivity index (χ4v) is 3.38. The standard InChI is InChI=1S/C9H9NO2.C7H5ClO/c11-6-8-1-2-9(5-8,4-3-8)7(12)10-6;8-7(9)6-4-2-1-3-5-6/h1-2H,3-5H2,(H,10,11,12);1-5H. The second-order valence-electron chi connectivity index (χ2n) is 5.75. The highest BCUT2D eigenvalue weighted by Gasteiger charge is 2.62. The van der Waals surface area contributed by atoms with Crippen molar-refractivity contribution in [3.05, 3.63) is 48.0 Å². The topological polar surface area (TPSA) is 63.2 Å². The van der Waals surface area contributed by atoms with Gasteiger partial charge >= 0.3 is 0 Å². The number of halogens is 1. The number of rotatable bonds is 1. The summed E-state index contributed by atoms with van der Waals surface area (Å²) in [4.78, 5) is 33.3. The maximum Gasteiger partial charge on any atom is 0.252 e. The molecule has 2 aliphatic carbocycles. The molecule has 0 spiro atoms. The Hall–Kier alpha value is -1.94. The van der Waals surface area contributed by atoms with E-state index >= 15 is 0 Å². The van der Waals surface area contributed by atoms with Gasteiger partial charge in [0, 0.05) is 5.56 Å². The van der Waals surface area contributed by atoms with Crippen molar-refractivity contribution in [2.75, 3.05) is 0 Å².